The standard InChI is InChI=1S/C11H17N3O/c1-8(12)11(15)14(3)9(2)10-6-4-5-7-13-10/h4-9H,12H2,1-3H3/t8-,9?/m0/s1. The monoisotopic (exact) mass is 207 g/mol. The van der Waals surface area contributed by atoms with Crippen LogP contribution in [0.5, 0.6) is 0 Å². The van der Waals surface area contributed by atoms with Crippen molar-refractivity contribution in [1.82, 2.24) is 9.88 Å². The maximum atomic E-state index is 11.6. The number of pyridine rings is 1. The van der Waals surface area contributed by atoms with Gasteiger partial charge in [0.1, 0.15) is 0 Å². The van der Waals surface area contributed by atoms with Crippen molar-refractivity contribution in [2.75, 3.05) is 7.05 Å². The van der Waals surface area contributed by atoms with Crippen LogP contribution in [0.25, 0.3) is 0 Å². The first kappa shape index (κ1) is 11.7. The van der Waals surface area contributed by atoms with Gasteiger partial charge in [-0.2, -0.15) is 0 Å². The summed E-state index contributed by atoms with van der Waals surface area (Å²) in [5, 5.41) is 0. The maximum Gasteiger partial charge on any atom is 0.239 e. The summed E-state index contributed by atoms with van der Waals surface area (Å²) in [4.78, 5) is 17.5. The number of aromatic nitrogens is 1. The minimum atomic E-state index is -0.471. The lowest BCUT2D eigenvalue weighted by Gasteiger charge is -2.25. The molecule has 0 aromatic carbocycles. The molecule has 0 radical (unpaired) electrons. The van der Waals surface area contributed by atoms with Gasteiger partial charge in [0.25, 0.3) is 0 Å². The number of carbonyl (C=O) groups is 1. The Kier molecular flexibility index (Phi) is 3.80. The van der Waals surface area contributed by atoms with Gasteiger partial charge in [-0.15, -0.1) is 0 Å². The van der Waals surface area contributed by atoms with Gasteiger partial charge < -0.3 is 10.6 Å². The average Bonchev–Trinajstić information content (AvgIpc) is 2.27. The molecule has 1 unspecified atom stereocenters. The van der Waals surface area contributed by atoms with Crippen LogP contribution >= 0.6 is 0 Å². The van der Waals surface area contributed by atoms with Gasteiger partial charge in [-0.1, -0.05) is 6.07 Å². The molecule has 0 spiro atoms. The molecule has 2 atom stereocenters. The molecular weight excluding hydrogens is 190 g/mol. The fourth-order valence-electron chi connectivity index (χ4n) is 1.33. The highest BCUT2D eigenvalue weighted by molar-refractivity contribution is 5.81. The predicted octanol–water partition coefficient (Wildman–Crippen LogP) is 0.948. The normalized spacial score (nSPS) is 14.4. The summed E-state index contributed by atoms with van der Waals surface area (Å²) in [5.74, 6) is -0.0758. The Morgan fingerprint density at radius 3 is 2.60 bits per heavy atom. The van der Waals surface area contributed by atoms with Crippen LogP contribution in [0, 0.1) is 0 Å². The van der Waals surface area contributed by atoms with E-state index in [9.17, 15) is 4.79 Å². The molecule has 1 rings (SSSR count). The van der Waals surface area contributed by atoms with Crippen molar-refractivity contribution in [1.29, 1.82) is 0 Å². The van der Waals surface area contributed by atoms with Crippen LogP contribution in [0.2, 0.25) is 0 Å². The van der Waals surface area contributed by atoms with Crippen molar-refractivity contribution < 1.29 is 4.79 Å². The molecule has 0 saturated heterocycles. The van der Waals surface area contributed by atoms with E-state index in [2.05, 4.69) is 4.98 Å². The number of hydrogen-bond acceptors (Lipinski definition) is 3. The summed E-state index contributed by atoms with van der Waals surface area (Å²) in [6.07, 6.45) is 1.72. The lowest BCUT2D eigenvalue weighted by atomic mass is 10.1. The largest absolute Gasteiger partial charge is 0.336 e. The summed E-state index contributed by atoms with van der Waals surface area (Å²) in [7, 11) is 1.74. The quantitative estimate of drug-likeness (QED) is 0.802. The molecule has 4 nitrogen and oxygen atoms in total. The minimum Gasteiger partial charge on any atom is -0.336 e. The molecule has 1 aromatic heterocycles. The van der Waals surface area contributed by atoms with Crippen molar-refractivity contribution in [3.05, 3.63) is 30.1 Å². The number of likely N-dealkylation sites (N-methyl/N-ethyl adjacent to an activating group) is 1. The molecule has 82 valence electrons. The van der Waals surface area contributed by atoms with E-state index in [-0.39, 0.29) is 11.9 Å². The lowest BCUT2D eigenvalue weighted by molar-refractivity contribution is -0.132. The molecule has 0 aliphatic carbocycles. The molecule has 1 amide bonds. The zero-order valence-electron chi connectivity index (χ0n) is 9.34. The molecule has 0 aliphatic heterocycles. The van der Waals surface area contributed by atoms with Gasteiger partial charge in [-0.3, -0.25) is 9.78 Å². The second-order valence-electron chi connectivity index (χ2n) is 3.67. The zero-order valence-corrected chi connectivity index (χ0v) is 9.34. The maximum absolute atomic E-state index is 11.6. The number of nitrogens with two attached hydrogens (primary N) is 1. The summed E-state index contributed by atoms with van der Waals surface area (Å²) in [6, 6.07) is 5.13. The smallest absolute Gasteiger partial charge is 0.239 e. The second-order valence-corrected chi connectivity index (χ2v) is 3.67. The first-order valence-corrected chi connectivity index (χ1v) is 4.97. The SMILES string of the molecule is CC(c1ccccn1)N(C)C(=O)[C@H](C)N. The first-order valence-electron chi connectivity index (χ1n) is 4.97. The van der Waals surface area contributed by atoms with E-state index < -0.39 is 6.04 Å². The summed E-state index contributed by atoms with van der Waals surface area (Å²) in [5.41, 5.74) is 6.41. The van der Waals surface area contributed by atoms with Crippen LogP contribution in [-0.4, -0.2) is 28.9 Å². The van der Waals surface area contributed by atoms with Crippen LogP contribution in [0.4, 0.5) is 0 Å². The molecule has 0 bridgehead atoms. The van der Waals surface area contributed by atoms with E-state index in [1.54, 1.807) is 25.1 Å². The summed E-state index contributed by atoms with van der Waals surface area (Å²) >= 11 is 0. The van der Waals surface area contributed by atoms with Crippen LogP contribution in [0.1, 0.15) is 25.6 Å². The lowest BCUT2D eigenvalue weighted by Crippen LogP contribution is -2.41. The number of hydrogen-bond donors (Lipinski definition) is 1. The van der Waals surface area contributed by atoms with Crippen molar-refractivity contribution in [3.8, 4) is 0 Å². The Morgan fingerprint density at radius 2 is 2.13 bits per heavy atom. The highest BCUT2D eigenvalue weighted by Crippen LogP contribution is 2.16. The van der Waals surface area contributed by atoms with E-state index in [0.29, 0.717) is 0 Å². The molecule has 0 saturated carbocycles. The van der Waals surface area contributed by atoms with E-state index >= 15 is 0 Å². The second kappa shape index (κ2) is 4.89. The topological polar surface area (TPSA) is 59.2 Å². The summed E-state index contributed by atoms with van der Waals surface area (Å²) < 4.78 is 0. The van der Waals surface area contributed by atoms with Gasteiger partial charge in [-0.05, 0) is 26.0 Å². The molecule has 1 heterocycles. The van der Waals surface area contributed by atoms with Gasteiger partial charge in [0.15, 0.2) is 0 Å². The highest BCUT2D eigenvalue weighted by atomic mass is 16.2. The molecule has 2 N–H and O–H groups in total. The van der Waals surface area contributed by atoms with Crippen molar-refractivity contribution in [2.24, 2.45) is 5.73 Å². The number of amides is 1. The highest BCUT2D eigenvalue weighted by Gasteiger charge is 2.20. The Labute approximate surface area is 90.1 Å². The van der Waals surface area contributed by atoms with Crippen LogP contribution in [0.3, 0.4) is 0 Å². The number of nitrogens with zero attached hydrogens (tertiary/aromatic N) is 2. The molecule has 1 aromatic rings. The fourth-order valence-corrected chi connectivity index (χ4v) is 1.33. The van der Waals surface area contributed by atoms with E-state index in [4.69, 9.17) is 5.73 Å². The zero-order chi connectivity index (χ0) is 11.4. The predicted molar refractivity (Wildman–Crippen MR) is 59.1 cm³/mol. The van der Waals surface area contributed by atoms with Gasteiger partial charge in [0.05, 0.1) is 17.8 Å². The third-order valence-electron chi connectivity index (χ3n) is 2.43. The Balaban J connectivity index is 2.77. The van der Waals surface area contributed by atoms with Crippen molar-refractivity contribution in [2.45, 2.75) is 25.9 Å². The number of rotatable bonds is 3. The minimum absolute atomic E-state index is 0.0512. The Hall–Kier alpha value is -1.42. The molecule has 0 aliphatic rings. The van der Waals surface area contributed by atoms with Crippen molar-refractivity contribution in [3.63, 3.8) is 0 Å². The van der Waals surface area contributed by atoms with Crippen molar-refractivity contribution >= 4 is 5.91 Å². The molecule has 4 heteroatoms. The molecule has 15 heavy (non-hydrogen) atoms. The first-order chi connectivity index (χ1) is 7.04. The van der Waals surface area contributed by atoms with E-state index in [1.165, 1.54) is 0 Å². The van der Waals surface area contributed by atoms with Crippen LogP contribution in [-0.2, 0) is 4.79 Å². The average molecular weight is 207 g/mol. The van der Waals surface area contributed by atoms with Gasteiger partial charge in [0.2, 0.25) is 5.91 Å². The van der Waals surface area contributed by atoms with Crippen LogP contribution in [0.15, 0.2) is 24.4 Å². The molecule has 0 fully saturated rings. The van der Waals surface area contributed by atoms with E-state index in [1.807, 2.05) is 25.1 Å². The number of carbonyl (C=O) groups excluding carboxylic acids is 1. The van der Waals surface area contributed by atoms with Gasteiger partial charge in [-0.25, -0.2) is 0 Å². The molecular formula is C11H17N3O. The third-order valence-corrected chi connectivity index (χ3v) is 2.43. The van der Waals surface area contributed by atoms with E-state index in [0.717, 1.165) is 5.69 Å². The summed E-state index contributed by atoms with van der Waals surface area (Å²) in [6.45, 7) is 3.62. The Bertz CT molecular complexity index is 324. The third kappa shape index (κ3) is 2.76. The van der Waals surface area contributed by atoms with Gasteiger partial charge >= 0.3 is 0 Å². The Morgan fingerprint density at radius 1 is 1.47 bits per heavy atom. The van der Waals surface area contributed by atoms with Gasteiger partial charge in [0, 0.05) is 13.2 Å². The van der Waals surface area contributed by atoms with Crippen LogP contribution < -0.4 is 5.73 Å². The fraction of sp³-hybridized carbons (Fsp3) is 0.455.